The summed E-state index contributed by atoms with van der Waals surface area (Å²) in [7, 11) is 1.38. The van der Waals surface area contributed by atoms with Crippen LogP contribution in [0.3, 0.4) is 0 Å². The monoisotopic (exact) mass is 325 g/mol. The highest BCUT2D eigenvalue weighted by molar-refractivity contribution is 5.91. The van der Waals surface area contributed by atoms with Crippen molar-refractivity contribution < 1.29 is 23.0 Å². The van der Waals surface area contributed by atoms with Crippen molar-refractivity contribution in [2.24, 2.45) is 0 Å². The Kier molecular flexibility index (Phi) is 6.38. The molecule has 1 heterocycles. The van der Waals surface area contributed by atoms with Crippen LogP contribution in [0.15, 0.2) is 24.3 Å². The zero-order valence-electron chi connectivity index (χ0n) is 13.1. The fourth-order valence-corrected chi connectivity index (χ4v) is 2.55. The number of amides is 1. The first-order chi connectivity index (χ1) is 11.1. The van der Waals surface area contributed by atoms with Gasteiger partial charge in [-0.05, 0) is 36.6 Å². The molecule has 0 bridgehead atoms. The molecule has 0 spiro atoms. The highest BCUT2D eigenvalue weighted by atomic mass is 19.3. The number of alkyl halides is 2. The number of carbonyl (C=O) groups excluding carboxylic acids is 1. The maximum absolute atomic E-state index is 12.3. The van der Waals surface area contributed by atoms with Gasteiger partial charge in [-0.1, -0.05) is 18.9 Å². The lowest BCUT2D eigenvalue weighted by atomic mass is 10.2. The standard InChI is InChI=1S/C17H21F2NO3/c1-22-15-12-13(6-8-14(15)23-17(18)19)7-9-16(21)20-10-4-2-3-5-11-20/h6-9,12,17H,2-5,10-11H2,1H3. The average Bonchev–Trinajstić information content (AvgIpc) is 2.82. The van der Waals surface area contributed by atoms with Gasteiger partial charge in [0.25, 0.3) is 0 Å². The van der Waals surface area contributed by atoms with Gasteiger partial charge < -0.3 is 14.4 Å². The van der Waals surface area contributed by atoms with E-state index in [9.17, 15) is 13.6 Å². The first-order valence-corrected chi connectivity index (χ1v) is 7.70. The van der Waals surface area contributed by atoms with Crippen LogP contribution in [0.25, 0.3) is 6.08 Å². The first-order valence-electron chi connectivity index (χ1n) is 7.70. The molecule has 0 N–H and O–H groups in total. The second kappa shape index (κ2) is 8.50. The molecule has 0 saturated carbocycles. The third-order valence-corrected chi connectivity index (χ3v) is 3.74. The van der Waals surface area contributed by atoms with Crippen molar-refractivity contribution >= 4 is 12.0 Å². The number of benzene rings is 1. The van der Waals surface area contributed by atoms with Crippen molar-refractivity contribution in [2.45, 2.75) is 32.3 Å². The van der Waals surface area contributed by atoms with Gasteiger partial charge in [-0.15, -0.1) is 0 Å². The predicted octanol–water partition coefficient (Wildman–Crippen LogP) is 3.71. The Bertz CT molecular complexity index is 553. The molecule has 2 rings (SSSR count). The smallest absolute Gasteiger partial charge is 0.387 e. The largest absolute Gasteiger partial charge is 0.493 e. The Morgan fingerprint density at radius 2 is 1.87 bits per heavy atom. The summed E-state index contributed by atoms with van der Waals surface area (Å²) in [6.45, 7) is -1.34. The molecule has 1 aromatic rings. The lowest BCUT2D eigenvalue weighted by molar-refractivity contribution is -0.125. The number of ether oxygens (including phenoxy) is 2. The number of carbonyl (C=O) groups is 1. The van der Waals surface area contributed by atoms with Crippen LogP contribution >= 0.6 is 0 Å². The first kappa shape index (κ1) is 17.2. The molecule has 0 aliphatic carbocycles. The molecule has 1 aliphatic rings. The van der Waals surface area contributed by atoms with Gasteiger partial charge in [0.1, 0.15) is 0 Å². The molecule has 6 heteroatoms. The van der Waals surface area contributed by atoms with E-state index in [2.05, 4.69) is 4.74 Å². The van der Waals surface area contributed by atoms with E-state index in [-0.39, 0.29) is 17.4 Å². The summed E-state index contributed by atoms with van der Waals surface area (Å²) in [5.41, 5.74) is 0.687. The number of hydrogen-bond donors (Lipinski definition) is 0. The number of likely N-dealkylation sites (tertiary alicyclic amines) is 1. The zero-order chi connectivity index (χ0) is 16.7. The second-order valence-electron chi connectivity index (χ2n) is 5.36. The lowest BCUT2D eigenvalue weighted by Gasteiger charge is -2.18. The summed E-state index contributed by atoms with van der Waals surface area (Å²) in [6, 6.07) is 4.57. The van der Waals surface area contributed by atoms with Gasteiger partial charge >= 0.3 is 6.61 Å². The van der Waals surface area contributed by atoms with Crippen LogP contribution in [0.1, 0.15) is 31.2 Å². The maximum Gasteiger partial charge on any atom is 0.387 e. The van der Waals surface area contributed by atoms with E-state index in [0.717, 1.165) is 38.8 Å². The van der Waals surface area contributed by atoms with Gasteiger partial charge in [-0.2, -0.15) is 8.78 Å². The SMILES string of the molecule is COc1cc(C=CC(=O)N2CCCCCC2)ccc1OC(F)F. The van der Waals surface area contributed by atoms with Crippen LogP contribution in [-0.4, -0.2) is 37.6 Å². The Balaban J connectivity index is 2.05. The minimum absolute atomic E-state index is 0.0289. The molecule has 0 unspecified atom stereocenters. The zero-order valence-corrected chi connectivity index (χ0v) is 13.1. The highest BCUT2D eigenvalue weighted by Gasteiger charge is 2.13. The van der Waals surface area contributed by atoms with Crippen molar-refractivity contribution in [1.29, 1.82) is 0 Å². The van der Waals surface area contributed by atoms with Crippen LogP contribution in [-0.2, 0) is 4.79 Å². The number of rotatable bonds is 5. The van der Waals surface area contributed by atoms with E-state index < -0.39 is 6.61 Å². The fraction of sp³-hybridized carbons (Fsp3) is 0.471. The summed E-state index contributed by atoms with van der Waals surface area (Å²) in [5.74, 6) is 0.145. The van der Waals surface area contributed by atoms with Gasteiger partial charge in [0.05, 0.1) is 7.11 Å². The van der Waals surface area contributed by atoms with Gasteiger partial charge in [-0.3, -0.25) is 4.79 Å². The normalized spacial score (nSPS) is 15.7. The second-order valence-corrected chi connectivity index (χ2v) is 5.36. The van der Waals surface area contributed by atoms with Crippen molar-refractivity contribution in [3.63, 3.8) is 0 Å². The third-order valence-electron chi connectivity index (χ3n) is 3.74. The molecule has 0 aromatic heterocycles. The van der Waals surface area contributed by atoms with Crippen LogP contribution in [0.5, 0.6) is 11.5 Å². The molecule has 1 saturated heterocycles. The summed E-state index contributed by atoms with van der Waals surface area (Å²) in [4.78, 5) is 14.0. The van der Waals surface area contributed by atoms with E-state index in [0.29, 0.717) is 5.56 Å². The lowest BCUT2D eigenvalue weighted by Crippen LogP contribution is -2.30. The summed E-state index contributed by atoms with van der Waals surface area (Å²) >= 11 is 0. The van der Waals surface area contributed by atoms with E-state index in [4.69, 9.17) is 4.74 Å². The number of halogens is 2. The van der Waals surface area contributed by atoms with Gasteiger partial charge in [-0.25, -0.2) is 0 Å². The highest BCUT2D eigenvalue weighted by Crippen LogP contribution is 2.29. The number of methoxy groups -OCH3 is 1. The van der Waals surface area contributed by atoms with Crippen molar-refractivity contribution in [1.82, 2.24) is 4.90 Å². The Labute approximate surface area is 134 Å². The van der Waals surface area contributed by atoms with E-state index >= 15 is 0 Å². The quantitative estimate of drug-likeness (QED) is 0.775. The molecule has 1 aromatic carbocycles. The summed E-state index contributed by atoms with van der Waals surface area (Å²) in [5, 5.41) is 0. The molecule has 4 nitrogen and oxygen atoms in total. The minimum atomic E-state index is -2.91. The van der Waals surface area contributed by atoms with Gasteiger partial charge in [0, 0.05) is 19.2 Å². The number of hydrogen-bond acceptors (Lipinski definition) is 3. The molecule has 0 atom stereocenters. The minimum Gasteiger partial charge on any atom is -0.493 e. The topological polar surface area (TPSA) is 38.8 Å². The summed E-state index contributed by atoms with van der Waals surface area (Å²) < 4.78 is 34.0. The summed E-state index contributed by atoms with van der Waals surface area (Å²) in [6.07, 6.45) is 7.56. The maximum atomic E-state index is 12.3. The number of nitrogens with zero attached hydrogens (tertiary/aromatic N) is 1. The fourth-order valence-electron chi connectivity index (χ4n) is 2.55. The Hall–Kier alpha value is -2.11. The van der Waals surface area contributed by atoms with Crippen LogP contribution < -0.4 is 9.47 Å². The molecule has 1 fully saturated rings. The van der Waals surface area contributed by atoms with Crippen molar-refractivity contribution in [2.75, 3.05) is 20.2 Å². The molecule has 1 amide bonds. The molecular formula is C17H21F2NO3. The van der Waals surface area contributed by atoms with Gasteiger partial charge in [0.15, 0.2) is 11.5 Å². The van der Waals surface area contributed by atoms with Crippen molar-refractivity contribution in [3.8, 4) is 11.5 Å². The molecule has 0 radical (unpaired) electrons. The van der Waals surface area contributed by atoms with Crippen LogP contribution in [0.2, 0.25) is 0 Å². The molecular weight excluding hydrogens is 304 g/mol. The predicted molar refractivity (Wildman–Crippen MR) is 83.7 cm³/mol. The van der Waals surface area contributed by atoms with Crippen LogP contribution in [0.4, 0.5) is 8.78 Å². The Morgan fingerprint density at radius 3 is 2.48 bits per heavy atom. The van der Waals surface area contributed by atoms with E-state index in [1.165, 1.54) is 19.3 Å². The van der Waals surface area contributed by atoms with Crippen LogP contribution in [0, 0.1) is 0 Å². The van der Waals surface area contributed by atoms with Gasteiger partial charge in [0.2, 0.25) is 5.91 Å². The van der Waals surface area contributed by atoms with E-state index in [1.807, 2.05) is 4.90 Å². The average molecular weight is 325 g/mol. The molecule has 126 valence electrons. The molecule has 1 aliphatic heterocycles. The van der Waals surface area contributed by atoms with E-state index in [1.54, 1.807) is 18.2 Å². The van der Waals surface area contributed by atoms with Crippen molar-refractivity contribution in [3.05, 3.63) is 29.8 Å². The molecule has 23 heavy (non-hydrogen) atoms. The Morgan fingerprint density at radius 1 is 1.17 bits per heavy atom. The third kappa shape index (κ3) is 5.23.